The summed E-state index contributed by atoms with van der Waals surface area (Å²) in [6.07, 6.45) is 0. The summed E-state index contributed by atoms with van der Waals surface area (Å²) in [4.78, 5) is 12.1. The molecule has 0 atom stereocenters. The van der Waals surface area contributed by atoms with Crippen molar-refractivity contribution in [3.63, 3.8) is 0 Å². The first-order valence-corrected chi connectivity index (χ1v) is 6.34. The summed E-state index contributed by atoms with van der Waals surface area (Å²) >= 11 is 0. The number of nitrogens with one attached hydrogen (secondary N) is 2. The van der Waals surface area contributed by atoms with Crippen LogP contribution in [0.4, 0.5) is 20.7 Å². The molecule has 1 aromatic heterocycles. The van der Waals surface area contributed by atoms with Crippen LogP contribution in [0.5, 0.6) is 6.01 Å². The smallest absolute Gasteiger partial charge is 0.322 e. The molecule has 0 spiro atoms. The summed E-state index contributed by atoms with van der Waals surface area (Å²) in [7, 11) is 1.44. The number of methoxy groups -OCH3 is 1. The molecule has 0 radical (unpaired) electrons. The lowest BCUT2D eigenvalue weighted by Gasteiger charge is -2.09. The Morgan fingerprint density at radius 3 is 2.43 bits per heavy atom. The Bertz CT molecular complexity index is 624. The van der Waals surface area contributed by atoms with Crippen molar-refractivity contribution in [2.24, 2.45) is 0 Å². The standard InChI is InChI=1S/C13H15F2N5O/c1-3-16-11-18-12(20-13(19-11)21-2)17-7-8-4-5-9(14)6-10(8)15/h4-6H,3,7H2,1-2H3,(H2,16,17,18,19,20). The summed E-state index contributed by atoms with van der Waals surface area (Å²) in [5.41, 5.74) is 0.306. The predicted octanol–water partition coefficient (Wildman–Crippen LogP) is 2.20. The molecule has 0 unspecified atom stereocenters. The minimum atomic E-state index is -0.629. The lowest BCUT2D eigenvalue weighted by molar-refractivity contribution is 0.379. The maximum Gasteiger partial charge on any atom is 0.322 e. The van der Waals surface area contributed by atoms with E-state index in [-0.39, 0.29) is 18.5 Å². The molecule has 0 aliphatic rings. The zero-order valence-electron chi connectivity index (χ0n) is 11.7. The van der Waals surface area contributed by atoms with Gasteiger partial charge in [-0.3, -0.25) is 0 Å². The van der Waals surface area contributed by atoms with Gasteiger partial charge in [-0.15, -0.1) is 0 Å². The fourth-order valence-electron chi connectivity index (χ4n) is 1.60. The lowest BCUT2D eigenvalue weighted by atomic mass is 10.2. The summed E-state index contributed by atoms with van der Waals surface area (Å²) in [5, 5.41) is 5.78. The van der Waals surface area contributed by atoms with Crippen LogP contribution in [0.1, 0.15) is 12.5 Å². The Kier molecular flexibility index (Phi) is 4.81. The van der Waals surface area contributed by atoms with Crippen molar-refractivity contribution in [2.75, 3.05) is 24.3 Å². The molecule has 2 N–H and O–H groups in total. The van der Waals surface area contributed by atoms with E-state index in [4.69, 9.17) is 4.74 Å². The van der Waals surface area contributed by atoms with E-state index in [9.17, 15) is 8.78 Å². The quantitative estimate of drug-likeness (QED) is 0.851. The molecule has 8 heteroatoms. The van der Waals surface area contributed by atoms with E-state index < -0.39 is 11.6 Å². The zero-order chi connectivity index (χ0) is 15.2. The fourth-order valence-corrected chi connectivity index (χ4v) is 1.60. The summed E-state index contributed by atoms with van der Waals surface area (Å²) in [5.74, 6) is -0.657. The second-order valence-corrected chi connectivity index (χ2v) is 4.09. The number of hydrogen-bond acceptors (Lipinski definition) is 6. The number of ether oxygens (including phenoxy) is 1. The molecule has 2 rings (SSSR count). The Labute approximate surface area is 120 Å². The van der Waals surface area contributed by atoms with Crippen molar-refractivity contribution in [3.05, 3.63) is 35.4 Å². The highest BCUT2D eigenvalue weighted by atomic mass is 19.1. The molecule has 6 nitrogen and oxygen atoms in total. The second kappa shape index (κ2) is 6.78. The molecule has 112 valence electrons. The third-order valence-electron chi connectivity index (χ3n) is 2.58. The zero-order valence-corrected chi connectivity index (χ0v) is 11.7. The topological polar surface area (TPSA) is 72.0 Å². The van der Waals surface area contributed by atoms with Gasteiger partial charge in [0.2, 0.25) is 11.9 Å². The van der Waals surface area contributed by atoms with Gasteiger partial charge in [0.25, 0.3) is 0 Å². The normalized spacial score (nSPS) is 10.3. The van der Waals surface area contributed by atoms with Gasteiger partial charge in [-0.25, -0.2) is 8.78 Å². The monoisotopic (exact) mass is 295 g/mol. The van der Waals surface area contributed by atoms with Crippen molar-refractivity contribution in [1.29, 1.82) is 0 Å². The van der Waals surface area contributed by atoms with Gasteiger partial charge in [0.05, 0.1) is 7.11 Å². The number of anilines is 2. The Morgan fingerprint density at radius 1 is 1.10 bits per heavy atom. The van der Waals surface area contributed by atoms with Gasteiger partial charge in [-0.1, -0.05) is 6.07 Å². The molecule has 0 amide bonds. The van der Waals surface area contributed by atoms with Crippen molar-refractivity contribution in [3.8, 4) is 6.01 Å². The van der Waals surface area contributed by atoms with E-state index in [1.165, 1.54) is 19.2 Å². The Morgan fingerprint density at radius 2 is 1.81 bits per heavy atom. The highest BCUT2D eigenvalue weighted by Crippen LogP contribution is 2.14. The van der Waals surface area contributed by atoms with Crippen LogP contribution in [0.2, 0.25) is 0 Å². The van der Waals surface area contributed by atoms with Gasteiger partial charge >= 0.3 is 6.01 Å². The molecule has 1 aromatic carbocycles. The van der Waals surface area contributed by atoms with Crippen molar-refractivity contribution in [2.45, 2.75) is 13.5 Å². The second-order valence-electron chi connectivity index (χ2n) is 4.09. The molecule has 0 bridgehead atoms. The van der Waals surface area contributed by atoms with Crippen LogP contribution in [0.15, 0.2) is 18.2 Å². The number of benzene rings is 1. The van der Waals surface area contributed by atoms with Crippen LogP contribution < -0.4 is 15.4 Å². The molecular formula is C13H15F2N5O. The number of halogens is 2. The van der Waals surface area contributed by atoms with E-state index in [2.05, 4.69) is 25.6 Å². The third-order valence-corrected chi connectivity index (χ3v) is 2.58. The first kappa shape index (κ1) is 14.9. The first-order valence-electron chi connectivity index (χ1n) is 6.34. The van der Waals surface area contributed by atoms with Crippen LogP contribution in [0, 0.1) is 11.6 Å². The maximum atomic E-state index is 13.5. The first-order chi connectivity index (χ1) is 10.1. The molecule has 0 aliphatic carbocycles. The van der Waals surface area contributed by atoms with E-state index in [0.717, 1.165) is 6.07 Å². The molecule has 1 heterocycles. The molecule has 0 fully saturated rings. The van der Waals surface area contributed by atoms with Gasteiger partial charge in [0, 0.05) is 24.7 Å². The van der Waals surface area contributed by atoms with E-state index >= 15 is 0 Å². The molecule has 21 heavy (non-hydrogen) atoms. The minimum Gasteiger partial charge on any atom is -0.467 e. The summed E-state index contributed by atoms with van der Waals surface area (Å²) in [6.45, 7) is 2.65. The van der Waals surface area contributed by atoms with Gasteiger partial charge in [-0.05, 0) is 13.0 Å². The Hall–Kier alpha value is -2.51. The third kappa shape index (κ3) is 3.98. The summed E-state index contributed by atoms with van der Waals surface area (Å²) in [6, 6.07) is 3.53. The molecule has 2 aromatic rings. The average molecular weight is 295 g/mol. The van der Waals surface area contributed by atoms with Gasteiger partial charge in [0.15, 0.2) is 0 Å². The van der Waals surface area contributed by atoms with Crippen LogP contribution in [-0.2, 0) is 6.54 Å². The molecule has 0 saturated carbocycles. The highest BCUT2D eigenvalue weighted by Gasteiger charge is 2.08. The Balaban J connectivity index is 2.13. The van der Waals surface area contributed by atoms with E-state index in [1.54, 1.807) is 0 Å². The number of nitrogens with zero attached hydrogens (tertiary/aromatic N) is 3. The summed E-state index contributed by atoms with van der Waals surface area (Å²) < 4.78 is 31.3. The molecule has 0 saturated heterocycles. The maximum absolute atomic E-state index is 13.5. The van der Waals surface area contributed by atoms with Crippen molar-refractivity contribution in [1.82, 2.24) is 15.0 Å². The molecule has 0 aliphatic heterocycles. The number of hydrogen-bond donors (Lipinski definition) is 2. The minimum absolute atomic E-state index is 0.116. The molecular weight excluding hydrogens is 280 g/mol. The number of rotatable bonds is 6. The fraction of sp³-hybridized carbons (Fsp3) is 0.308. The van der Waals surface area contributed by atoms with Crippen LogP contribution in [-0.4, -0.2) is 28.6 Å². The van der Waals surface area contributed by atoms with Crippen molar-refractivity contribution >= 4 is 11.9 Å². The van der Waals surface area contributed by atoms with Crippen LogP contribution in [0.3, 0.4) is 0 Å². The van der Waals surface area contributed by atoms with E-state index in [1.807, 2.05) is 6.92 Å². The average Bonchev–Trinajstić information content (AvgIpc) is 2.46. The lowest BCUT2D eigenvalue weighted by Crippen LogP contribution is -2.10. The SMILES string of the molecule is CCNc1nc(NCc2ccc(F)cc2F)nc(OC)n1. The van der Waals surface area contributed by atoms with Crippen LogP contribution >= 0.6 is 0 Å². The van der Waals surface area contributed by atoms with Gasteiger partial charge in [0.1, 0.15) is 11.6 Å². The van der Waals surface area contributed by atoms with E-state index in [0.29, 0.717) is 18.1 Å². The number of aromatic nitrogens is 3. The van der Waals surface area contributed by atoms with Crippen LogP contribution in [0.25, 0.3) is 0 Å². The van der Waals surface area contributed by atoms with Gasteiger partial charge < -0.3 is 15.4 Å². The highest BCUT2D eigenvalue weighted by molar-refractivity contribution is 5.36. The van der Waals surface area contributed by atoms with Crippen molar-refractivity contribution < 1.29 is 13.5 Å². The predicted molar refractivity (Wildman–Crippen MR) is 74.2 cm³/mol. The van der Waals surface area contributed by atoms with Gasteiger partial charge in [-0.2, -0.15) is 15.0 Å². The largest absolute Gasteiger partial charge is 0.467 e.